The largest absolute Gasteiger partial charge is 0.481 e. The van der Waals surface area contributed by atoms with Crippen LogP contribution < -0.4 is 0 Å². The third kappa shape index (κ3) is 3.73. The van der Waals surface area contributed by atoms with Crippen LogP contribution >= 0.6 is 0 Å². The van der Waals surface area contributed by atoms with E-state index in [1.807, 2.05) is 60.7 Å². The molecule has 1 aliphatic carbocycles. The normalized spacial score (nSPS) is 23.0. The molecule has 0 spiro atoms. The Morgan fingerprint density at radius 2 is 1.52 bits per heavy atom. The minimum absolute atomic E-state index is 0.222. The summed E-state index contributed by atoms with van der Waals surface area (Å²) < 4.78 is 5.42. The molecular formula is C21H22O4. The van der Waals surface area contributed by atoms with Gasteiger partial charge >= 0.3 is 11.9 Å². The second kappa shape index (κ2) is 7.51. The molecule has 2 aromatic rings. The molecule has 1 N–H and O–H groups in total. The van der Waals surface area contributed by atoms with Gasteiger partial charge in [0.1, 0.15) is 6.61 Å². The minimum Gasteiger partial charge on any atom is -0.481 e. The fraction of sp³-hybridized carbons (Fsp3) is 0.333. The summed E-state index contributed by atoms with van der Waals surface area (Å²) in [5.74, 6) is -1.26. The number of esters is 1. The molecule has 2 aromatic carbocycles. The summed E-state index contributed by atoms with van der Waals surface area (Å²) in [7, 11) is 0. The maximum atomic E-state index is 12.3. The first kappa shape index (κ1) is 17.2. The Balaban J connectivity index is 1.62. The van der Waals surface area contributed by atoms with Gasteiger partial charge in [0.25, 0.3) is 0 Å². The Labute approximate surface area is 147 Å². The fourth-order valence-corrected chi connectivity index (χ4v) is 3.58. The topological polar surface area (TPSA) is 63.6 Å². The molecule has 1 saturated carbocycles. The van der Waals surface area contributed by atoms with Gasteiger partial charge in [-0.15, -0.1) is 0 Å². The molecule has 3 rings (SSSR count). The first-order chi connectivity index (χ1) is 12.1. The lowest BCUT2D eigenvalue weighted by atomic mass is 9.66. The van der Waals surface area contributed by atoms with E-state index in [1.165, 1.54) is 0 Å². The Bertz CT molecular complexity index is 716. The van der Waals surface area contributed by atoms with Gasteiger partial charge in [0, 0.05) is 0 Å². The number of benzene rings is 2. The maximum absolute atomic E-state index is 12.3. The summed E-state index contributed by atoms with van der Waals surface area (Å²) in [6.45, 7) is 0.263. The van der Waals surface area contributed by atoms with Crippen LogP contribution in [0.25, 0.3) is 0 Å². The molecule has 0 atom stereocenters. The molecule has 0 unspecified atom stereocenters. The molecule has 0 bridgehead atoms. The monoisotopic (exact) mass is 338 g/mol. The van der Waals surface area contributed by atoms with Gasteiger partial charge in [-0.2, -0.15) is 0 Å². The summed E-state index contributed by atoms with van der Waals surface area (Å²) in [4.78, 5) is 24.3. The van der Waals surface area contributed by atoms with Gasteiger partial charge in [-0.25, -0.2) is 0 Å². The van der Waals surface area contributed by atoms with Crippen LogP contribution in [0.4, 0.5) is 0 Å². The second-order valence-corrected chi connectivity index (χ2v) is 6.62. The first-order valence-electron chi connectivity index (χ1n) is 8.61. The molecule has 4 nitrogen and oxygen atoms in total. The van der Waals surface area contributed by atoms with Crippen molar-refractivity contribution in [2.45, 2.75) is 37.7 Å². The summed E-state index contributed by atoms with van der Waals surface area (Å²) >= 11 is 0. The van der Waals surface area contributed by atoms with Crippen LogP contribution in [0.2, 0.25) is 0 Å². The highest BCUT2D eigenvalue weighted by molar-refractivity contribution is 5.82. The maximum Gasteiger partial charge on any atom is 0.314 e. The van der Waals surface area contributed by atoms with Gasteiger partial charge in [0.05, 0.1) is 11.3 Å². The highest BCUT2D eigenvalue weighted by atomic mass is 16.5. The van der Waals surface area contributed by atoms with E-state index in [9.17, 15) is 14.7 Å². The molecule has 1 fully saturated rings. The molecule has 25 heavy (non-hydrogen) atoms. The Morgan fingerprint density at radius 1 is 0.960 bits per heavy atom. The number of carbonyl (C=O) groups excluding carboxylic acids is 1. The van der Waals surface area contributed by atoms with E-state index in [0.717, 1.165) is 11.1 Å². The van der Waals surface area contributed by atoms with Crippen molar-refractivity contribution >= 4 is 11.9 Å². The van der Waals surface area contributed by atoms with E-state index in [4.69, 9.17) is 4.74 Å². The summed E-state index contributed by atoms with van der Waals surface area (Å²) in [5.41, 5.74) is 0.881. The summed E-state index contributed by atoms with van der Waals surface area (Å²) in [6, 6.07) is 18.9. The van der Waals surface area contributed by atoms with E-state index >= 15 is 0 Å². The van der Waals surface area contributed by atoms with E-state index in [-0.39, 0.29) is 18.5 Å². The Morgan fingerprint density at radius 3 is 2.08 bits per heavy atom. The number of aliphatic carboxylic acids is 1. The predicted octanol–water partition coefficient (Wildman–Crippen LogP) is 3.94. The molecular weight excluding hydrogens is 316 g/mol. The van der Waals surface area contributed by atoms with Crippen molar-refractivity contribution in [1.82, 2.24) is 0 Å². The highest BCUT2D eigenvalue weighted by Crippen LogP contribution is 2.42. The lowest BCUT2D eigenvalue weighted by molar-refractivity contribution is -0.154. The quantitative estimate of drug-likeness (QED) is 0.839. The third-order valence-electron chi connectivity index (χ3n) is 5.13. The van der Waals surface area contributed by atoms with Crippen molar-refractivity contribution in [1.29, 1.82) is 0 Å². The van der Waals surface area contributed by atoms with Gasteiger partial charge < -0.3 is 9.84 Å². The van der Waals surface area contributed by atoms with Crippen LogP contribution in [0.3, 0.4) is 0 Å². The lowest BCUT2D eigenvalue weighted by Crippen LogP contribution is -2.41. The molecule has 4 heteroatoms. The first-order valence-corrected chi connectivity index (χ1v) is 8.61. The van der Waals surface area contributed by atoms with Crippen LogP contribution in [0.15, 0.2) is 60.7 Å². The molecule has 0 heterocycles. The zero-order chi connectivity index (χ0) is 17.7. The SMILES string of the molecule is O=C(OCc1ccccc1)C1CCC(C(=O)O)(c2ccccc2)CC1. The zero-order valence-corrected chi connectivity index (χ0v) is 14.1. The molecule has 0 aromatic heterocycles. The van der Waals surface area contributed by atoms with Crippen molar-refractivity contribution in [3.63, 3.8) is 0 Å². The Hall–Kier alpha value is -2.62. The van der Waals surface area contributed by atoms with E-state index in [0.29, 0.717) is 25.7 Å². The number of rotatable bonds is 5. The second-order valence-electron chi connectivity index (χ2n) is 6.62. The van der Waals surface area contributed by atoms with E-state index in [1.54, 1.807) is 0 Å². The number of hydrogen-bond acceptors (Lipinski definition) is 3. The fourth-order valence-electron chi connectivity index (χ4n) is 3.58. The van der Waals surface area contributed by atoms with E-state index < -0.39 is 11.4 Å². The average molecular weight is 338 g/mol. The Kier molecular flexibility index (Phi) is 5.17. The van der Waals surface area contributed by atoms with Crippen LogP contribution in [0.1, 0.15) is 36.8 Å². The van der Waals surface area contributed by atoms with Crippen molar-refractivity contribution < 1.29 is 19.4 Å². The van der Waals surface area contributed by atoms with E-state index in [2.05, 4.69) is 0 Å². The van der Waals surface area contributed by atoms with Gasteiger partial charge in [-0.3, -0.25) is 9.59 Å². The van der Waals surface area contributed by atoms with Crippen molar-refractivity contribution in [2.75, 3.05) is 0 Å². The van der Waals surface area contributed by atoms with Crippen LogP contribution in [0, 0.1) is 5.92 Å². The lowest BCUT2D eigenvalue weighted by Gasteiger charge is -2.36. The number of hydrogen-bond donors (Lipinski definition) is 1. The molecule has 0 radical (unpaired) electrons. The predicted molar refractivity (Wildman–Crippen MR) is 94.0 cm³/mol. The smallest absolute Gasteiger partial charge is 0.314 e. The van der Waals surface area contributed by atoms with Crippen LogP contribution in [0.5, 0.6) is 0 Å². The molecule has 0 aliphatic heterocycles. The van der Waals surface area contributed by atoms with Gasteiger partial charge in [0.15, 0.2) is 0 Å². The molecule has 0 saturated heterocycles. The van der Waals surface area contributed by atoms with Gasteiger partial charge in [-0.05, 0) is 36.8 Å². The third-order valence-corrected chi connectivity index (χ3v) is 5.13. The van der Waals surface area contributed by atoms with Crippen molar-refractivity contribution in [3.8, 4) is 0 Å². The zero-order valence-electron chi connectivity index (χ0n) is 14.1. The molecule has 1 aliphatic rings. The summed E-state index contributed by atoms with van der Waals surface area (Å²) in [5, 5.41) is 9.80. The van der Waals surface area contributed by atoms with Crippen LogP contribution in [-0.2, 0) is 26.3 Å². The minimum atomic E-state index is -0.891. The highest BCUT2D eigenvalue weighted by Gasteiger charge is 2.45. The van der Waals surface area contributed by atoms with Crippen molar-refractivity contribution in [2.24, 2.45) is 5.92 Å². The van der Waals surface area contributed by atoms with Crippen molar-refractivity contribution in [3.05, 3.63) is 71.8 Å². The average Bonchev–Trinajstić information content (AvgIpc) is 2.67. The number of carboxylic acid groups (broad SMARTS) is 1. The number of carboxylic acids is 1. The number of ether oxygens (including phenoxy) is 1. The molecule has 0 amide bonds. The molecule has 130 valence electrons. The standard InChI is InChI=1S/C21H22O4/c22-19(25-15-16-7-3-1-4-8-16)17-11-13-21(14-12-17,20(23)24)18-9-5-2-6-10-18/h1-10,17H,11-15H2,(H,23,24). The summed E-state index contributed by atoms with van der Waals surface area (Å²) in [6.07, 6.45) is 1.98. The number of carbonyl (C=O) groups is 2. The van der Waals surface area contributed by atoms with Gasteiger partial charge in [0.2, 0.25) is 0 Å². The van der Waals surface area contributed by atoms with Gasteiger partial charge in [-0.1, -0.05) is 60.7 Å². The van der Waals surface area contributed by atoms with Crippen LogP contribution in [-0.4, -0.2) is 17.0 Å².